The fraction of sp³-hybridized carbons (Fsp3) is 0.350. The Labute approximate surface area is 177 Å². The maximum atomic E-state index is 13.2. The van der Waals surface area contributed by atoms with Gasteiger partial charge in [-0.3, -0.25) is 4.79 Å². The van der Waals surface area contributed by atoms with Gasteiger partial charge in [0.05, 0.1) is 16.5 Å². The molecule has 11 heteroatoms. The Morgan fingerprint density at radius 3 is 2.16 bits per heavy atom. The SMILES string of the molecule is C[C@H](NS(=O)(=O)c1ccccc1C(F)(F)F)C(=O)N1CCN(c2ccc(F)cc2)CC1. The predicted molar refractivity (Wildman–Crippen MR) is 106 cm³/mol. The van der Waals surface area contributed by atoms with Crippen LogP contribution in [-0.2, 0) is 21.0 Å². The van der Waals surface area contributed by atoms with Crippen LogP contribution in [0, 0.1) is 5.82 Å². The lowest BCUT2D eigenvalue weighted by atomic mass is 10.2. The summed E-state index contributed by atoms with van der Waals surface area (Å²) < 4.78 is 79.7. The average Bonchev–Trinajstić information content (AvgIpc) is 2.73. The number of hydrogen-bond acceptors (Lipinski definition) is 4. The molecule has 2 aromatic rings. The summed E-state index contributed by atoms with van der Waals surface area (Å²) in [6, 6.07) is 8.49. The number of halogens is 4. The Balaban J connectivity index is 1.65. The van der Waals surface area contributed by atoms with Gasteiger partial charge in [0.2, 0.25) is 15.9 Å². The molecule has 1 heterocycles. The third-order valence-electron chi connectivity index (χ3n) is 4.97. The summed E-state index contributed by atoms with van der Waals surface area (Å²) >= 11 is 0. The molecule has 0 saturated carbocycles. The number of carbonyl (C=O) groups is 1. The molecule has 0 radical (unpaired) electrons. The molecule has 1 aliphatic rings. The van der Waals surface area contributed by atoms with E-state index in [1.54, 1.807) is 12.1 Å². The summed E-state index contributed by atoms with van der Waals surface area (Å²) in [5.74, 6) is -0.891. The first-order valence-electron chi connectivity index (χ1n) is 9.47. The first-order chi connectivity index (χ1) is 14.5. The summed E-state index contributed by atoms with van der Waals surface area (Å²) in [7, 11) is -4.58. The quantitative estimate of drug-likeness (QED) is 0.699. The average molecular weight is 459 g/mol. The van der Waals surface area contributed by atoms with Gasteiger partial charge in [0.25, 0.3) is 0 Å². The van der Waals surface area contributed by atoms with E-state index in [1.165, 1.54) is 30.0 Å². The molecule has 1 atom stereocenters. The lowest BCUT2D eigenvalue weighted by Gasteiger charge is -2.37. The van der Waals surface area contributed by atoms with E-state index >= 15 is 0 Å². The van der Waals surface area contributed by atoms with Gasteiger partial charge < -0.3 is 9.80 Å². The lowest BCUT2D eigenvalue weighted by Crippen LogP contribution is -2.54. The molecule has 1 amide bonds. The monoisotopic (exact) mass is 459 g/mol. The topological polar surface area (TPSA) is 69.7 Å². The molecule has 2 aromatic carbocycles. The van der Waals surface area contributed by atoms with Crippen molar-refractivity contribution in [3.8, 4) is 0 Å². The van der Waals surface area contributed by atoms with Crippen LogP contribution < -0.4 is 9.62 Å². The Morgan fingerprint density at radius 1 is 1.00 bits per heavy atom. The molecule has 1 saturated heterocycles. The van der Waals surface area contributed by atoms with Crippen LogP contribution in [0.25, 0.3) is 0 Å². The third-order valence-corrected chi connectivity index (χ3v) is 6.57. The Morgan fingerprint density at radius 2 is 1.58 bits per heavy atom. The van der Waals surface area contributed by atoms with Crippen molar-refractivity contribution in [1.29, 1.82) is 0 Å². The number of hydrogen-bond donors (Lipinski definition) is 1. The van der Waals surface area contributed by atoms with Crippen molar-refractivity contribution in [2.45, 2.75) is 24.0 Å². The molecule has 168 valence electrons. The third kappa shape index (κ3) is 5.34. The molecular formula is C20H21F4N3O3S. The zero-order valence-corrected chi connectivity index (χ0v) is 17.4. The number of nitrogens with zero attached hydrogens (tertiary/aromatic N) is 2. The fourth-order valence-corrected chi connectivity index (χ4v) is 4.82. The molecule has 0 aliphatic carbocycles. The van der Waals surface area contributed by atoms with Gasteiger partial charge in [0.1, 0.15) is 5.82 Å². The highest BCUT2D eigenvalue weighted by Crippen LogP contribution is 2.34. The molecule has 1 N–H and O–H groups in total. The predicted octanol–water partition coefficient (Wildman–Crippen LogP) is 2.86. The van der Waals surface area contributed by atoms with Crippen molar-refractivity contribution in [1.82, 2.24) is 9.62 Å². The molecule has 0 unspecified atom stereocenters. The number of alkyl halides is 3. The van der Waals surface area contributed by atoms with Crippen LogP contribution in [0.2, 0.25) is 0 Å². The largest absolute Gasteiger partial charge is 0.417 e. The van der Waals surface area contributed by atoms with Crippen molar-refractivity contribution in [2.24, 2.45) is 0 Å². The first-order valence-corrected chi connectivity index (χ1v) is 11.0. The molecule has 3 rings (SSSR count). The molecule has 0 bridgehead atoms. The standard InChI is InChI=1S/C20H21F4N3O3S/c1-14(25-31(29,30)18-5-3-2-4-17(18)20(22,23)24)19(28)27-12-10-26(11-13-27)16-8-6-15(21)7-9-16/h2-9,14,25H,10-13H2,1H3/t14-/m0/s1. The van der Waals surface area contributed by atoms with Gasteiger partial charge in [-0.25, -0.2) is 12.8 Å². The molecule has 6 nitrogen and oxygen atoms in total. The second-order valence-corrected chi connectivity index (χ2v) is 8.81. The Hall–Kier alpha value is -2.66. The molecule has 31 heavy (non-hydrogen) atoms. The van der Waals surface area contributed by atoms with Gasteiger partial charge in [-0.2, -0.15) is 17.9 Å². The zero-order chi connectivity index (χ0) is 22.8. The van der Waals surface area contributed by atoms with Gasteiger partial charge in [0, 0.05) is 31.9 Å². The fourth-order valence-electron chi connectivity index (χ4n) is 3.39. The van der Waals surface area contributed by atoms with Crippen LogP contribution in [0.5, 0.6) is 0 Å². The second-order valence-electron chi connectivity index (χ2n) is 7.13. The van der Waals surface area contributed by atoms with E-state index in [1.807, 2.05) is 4.90 Å². The number of amides is 1. The summed E-state index contributed by atoms with van der Waals surface area (Å²) in [5, 5.41) is 0. The molecule has 1 fully saturated rings. The van der Waals surface area contributed by atoms with Crippen LogP contribution in [0.3, 0.4) is 0 Å². The van der Waals surface area contributed by atoms with E-state index in [-0.39, 0.29) is 5.82 Å². The van der Waals surface area contributed by atoms with Crippen molar-refractivity contribution in [2.75, 3.05) is 31.1 Å². The van der Waals surface area contributed by atoms with Crippen LogP contribution in [-0.4, -0.2) is 51.4 Å². The summed E-state index contributed by atoms with van der Waals surface area (Å²) in [5.41, 5.74) is -0.499. The number of rotatable bonds is 5. The minimum Gasteiger partial charge on any atom is -0.368 e. The summed E-state index contributed by atoms with van der Waals surface area (Å²) in [4.78, 5) is 15.2. The van der Waals surface area contributed by atoms with Gasteiger partial charge in [0.15, 0.2) is 0 Å². The highest BCUT2D eigenvalue weighted by Gasteiger charge is 2.38. The highest BCUT2D eigenvalue weighted by atomic mass is 32.2. The smallest absolute Gasteiger partial charge is 0.368 e. The van der Waals surface area contributed by atoms with Gasteiger partial charge in [-0.15, -0.1) is 0 Å². The number of anilines is 1. The van der Waals surface area contributed by atoms with E-state index in [0.29, 0.717) is 32.2 Å². The van der Waals surface area contributed by atoms with Crippen molar-refractivity contribution < 1.29 is 30.8 Å². The number of carbonyl (C=O) groups excluding carboxylic acids is 1. The minimum absolute atomic E-state index is 0.293. The number of piperazine rings is 1. The van der Waals surface area contributed by atoms with Crippen molar-refractivity contribution >= 4 is 21.6 Å². The van der Waals surface area contributed by atoms with Crippen LogP contribution in [0.15, 0.2) is 53.4 Å². The number of benzene rings is 2. The van der Waals surface area contributed by atoms with Gasteiger partial charge in [-0.05, 0) is 43.3 Å². The van der Waals surface area contributed by atoms with E-state index in [4.69, 9.17) is 0 Å². The van der Waals surface area contributed by atoms with Crippen molar-refractivity contribution in [3.05, 3.63) is 59.9 Å². The molecular weight excluding hydrogens is 438 g/mol. The summed E-state index contributed by atoms with van der Waals surface area (Å²) in [6.45, 7) is 2.78. The lowest BCUT2D eigenvalue weighted by molar-refractivity contribution is -0.139. The Kier molecular flexibility index (Phi) is 6.56. The normalized spacial score (nSPS) is 16.3. The maximum Gasteiger partial charge on any atom is 0.417 e. The molecule has 0 aromatic heterocycles. The van der Waals surface area contributed by atoms with E-state index < -0.39 is 38.6 Å². The first kappa shape index (κ1) is 23.0. The second kappa shape index (κ2) is 8.83. The van der Waals surface area contributed by atoms with Crippen LogP contribution in [0.4, 0.5) is 23.2 Å². The minimum atomic E-state index is -4.85. The maximum absolute atomic E-state index is 13.2. The molecule has 1 aliphatic heterocycles. The summed E-state index contributed by atoms with van der Waals surface area (Å²) in [6.07, 6.45) is -4.85. The van der Waals surface area contributed by atoms with E-state index in [9.17, 15) is 30.8 Å². The van der Waals surface area contributed by atoms with Gasteiger partial charge >= 0.3 is 6.18 Å². The van der Waals surface area contributed by atoms with Crippen LogP contribution in [0.1, 0.15) is 12.5 Å². The number of nitrogens with one attached hydrogen (secondary N) is 1. The molecule has 0 spiro atoms. The zero-order valence-electron chi connectivity index (χ0n) is 16.6. The number of sulfonamides is 1. The Bertz CT molecular complexity index is 1030. The highest BCUT2D eigenvalue weighted by molar-refractivity contribution is 7.89. The van der Waals surface area contributed by atoms with Gasteiger partial charge in [-0.1, -0.05) is 12.1 Å². The van der Waals surface area contributed by atoms with Crippen molar-refractivity contribution in [3.63, 3.8) is 0 Å². The van der Waals surface area contributed by atoms with Crippen LogP contribution >= 0.6 is 0 Å². The van der Waals surface area contributed by atoms with E-state index in [0.717, 1.165) is 17.8 Å². The van der Waals surface area contributed by atoms with E-state index in [2.05, 4.69) is 4.72 Å².